The van der Waals surface area contributed by atoms with E-state index in [0.29, 0.717) is 17.5 Å². The largest absolute Gasteiger partial charge is 0.497 e. The molecule has 106 valence electrons. The molecule has 0 fully saturated rings. The maximum atomic E-state index is 5.69. The zero-order valence-electron chi connectivity index (χ0n) is 11.7. The number of nitrogens with two attached hydrogens (primary N) is 1. The molecule has 1 heterocycles. The fourth-order valence-electron chi connectivity index (χ4n) is 1.51. The molecule has 0 amide bonds. The Kier molecular flexibility index (Phi) is 4.62. The van der Waals surface area contributed by atoms with Gasteiger partial charge in [0.1, 0.15) is 11.6 Å². The standard InChI is InChI=1S/C13H17N5OS/c1-18(2)13-16-11(15-12(14)17-13)8-20-10-6-4-9(19-3)5-7-10/h4-7H,8H2,1-3H3,(H2,14,15,16,17). The summed E-state index contributed by atoms with van der Waals surface area (Å²) in [5, 5.41) is 0. The molecule has 0 saturated carbocycles. The molecule has 2 N–H and O–H groups in total. The minimum Gasteiger partial charge on any atom is -0.497 e. The summed E-state index contributed by atoms with van der Waals surface area (Å²) in [7, 11) is 5.39. The molecular formula is C13H17N5OS. The van der Waals surface area contributed by atoms with Gasteiger partial charge in [0.25, 0.3) is 0 Å². The van der Waals surface area contributed by atoms with Gasteiger partial charge in [0.15, 0.2) is 0 Å². The number of methoxy groups -OCH3 is 1. The summed E-state index contributed by atoms with van der Waals surface area (Å²) in [5.74, 6) is 2.97. The van der Waals surface area contributed by atoms with Crippen LogP contribution in [0.5, 0.6) is 5.75 Å². The van der Waals surface area contributed by atoms with Crippen LogP contribution in [0, 0.1) is 0 Å². The molecular weight excluding hydrogens is 274 g/mol. The maximum absolute atomic E-state index is 5.69. The van der Waals surface area contributed by atoms with Crippen LogP contribution in [0.2, 0.25) is 0 Å². The lowest BCUT2D eigenvalue weighted by Crippen LogP contribution is -2.15. The molecule has 0 aliphatic heterocycles. The molecule has 2 rings (SSSR count). The Balaban J connectivity index is 2.06. The van der Waals surface area contributed by atoms with Crippen molar-refractivity contribution >= 4 is 23.7 Å². The maximum Gasteiger partial charge on any atom is 0.229 e. The van der Waals surface area contributed by atoms with Gasteiger partial charge in [-0.1, -0.05) is 0 Å². The van der Waals surface area contributed by atoms with E-state index in [2.05, 4.69) is 15.0 Å². The summed E-state index contributed by atoms with van der Waals surface area (Å²) >= 11 is 1.64. The van der Waals surface area contributed by atoms with Gasteiger partial charge in [-0.05, 0) is 24.3 Å². The topological polar surface area (TPSA) is 77.2 Å². The first-order valence-corrected chi connectivity index (χ1v) is 7.01. The number of thioether (sulfide) groups is 1. The Hall–Kier alpha value is -2.02. The summed E-state index contributed by atoms with van der Waals surface area (Å²) in [6.07, 6.45) is 0. The monoisotopic (exact) mass is 291 g/mol. The van der Waals surface area contributed by atoms with E-state index in [1.165, 1.54) is 0 Å². The van der Waals surface area contributed by atoms with Crippen molar-refractivity contribution in [2.45, 2.75) is 10.6 Å². The van der Waals surface area contributed by atoms with Gasteiger partial charge >= 0.3 is 0 Å². The number of hydrogen-bond acceptors (Lipinski definition) is 7. The first-order valence-electron chi connectivity index (χ1n) is 6.03. The summed E-state index contributed by atoms with van der Waals surface area (Å²) in [6, 6.07) is 7.85. The summed E-state index contributed by atoms with van der Waals surface area (Å²) < 4.78 is 5.13. The summed E-state index contributed by atoms with van der Waals surface area (Å²) in [5.41, 5.74) is 5.69. The quantitative estimate of drug-likeness (QED) is 0.842. The summed E-state index contributed by atoms with van der Waals surface area (Å²) in [6.45, 7) is 0. The van der Waals surface area contributed by atoms with Gasteiger partial charge in [-0.2, -0.15) is 15.0 Å². The minimum atomic E-state index is 0.244. The van der Waals surface area contributed by atoms with Crippen molar-refractivity contribution in [2.75, 3.05) is 31.8 Å². The minimum absolute atomic E-state index is 0.244. The van der Waals surface area contributed by atoms with Crippen LogP contribution in [0.1, 0.15) is 5.82 Å². The number of nitrogens with zero attached hydrogens (tertiary/aromatic N) is 4. The molecule has 0 bridgehead atoms. The molecule has 0 unspecified atom stereocenters. The van der Waals surface area contributed by atoms with E-state index in [-0.39, 0.29) is 5.95 Å². The second-order valence-electron chi connectivity index (χ2n) is 4.27. The van der Waals surface area contributed by atoms with Gasteiger partial charge < -0.3 is 15.4 Å². The molecule has 0 spiro atoms. The molecule has 1 aromatic heterocycles. The number of ether oxygens (including phenoxy) is 1. The Morgan fingerprint density at radius 3 is 2.45 bits per heavy atom. The van der Waals surface area contributed by atoms with Crippen molar-refractivity contribution in [1.82, 2.24) is 15.0 Å². The van der Waals surface area contributed by atoms with Gasteiger partial charge in [-0.15, -0.1) is 11.8 Å². The first-order chi connectivity index (χ1) is 9.58. The van der Waals surface area contributed by atoms with Crippen LogP contribution in [0.4, 0.5) is 11.9 Å². The highest BCUT2D eigenvalue weighted by Gasteiger charge is 2.06. The Labute approximate surface area is 122 Å². The summed E-state index contributed by atoms with van der Waals surface area (Å²) in [4.78, 5) is 15.5. The van der Waals surface area contributed by atoms with Crippen LogP contribution in [0.3, 0.4) is 0 Å². The van der Waals surface area contributed by atoms with Crippen LogP contribution in [0.25, 0.3) is 0 Å². The van der Waals surface area contributed by atoms with E-state index in [4.69, 9.17) is 10.5 Å². The smallest absolute Gasteiger partial charge is 0.229 e. The third-order valence-electron chi connectivity index (χ3n) is 2.51. The van der Waals surface area contributed by atoms with E-state index in [1.807, 2.05) is 38.4 Å². The average Bonchev–Trinajstić information content (AvgIpc) is 2.45. The van der Waals surface area contributed by atoms with Crippen LogP contribution in [-0.4, -0.2) is 36.2 Å². The third kappa shape index (κ3) is 3.74. The lowest BCUT2D eigenvalue weighted by atomic mass is 10.3. The molecule has 0 radical (unpaired) electrons. The average molecular weight is 291 g/mol. The molecule has 7 heteroatoms. The Morgan fingerprint density at radius 2 is 1.85 bits per heavy atom. The van der Waals surface area contributed by atoms with Gasteiger partial charge in [0, 0.05) is 19.0 Å². The van der Waals surface area contributed by atoms with E-state index in [9.17, 15) is 0 Å². The van der Waals surface area contributed by atoms with E-state index >= 15 is 0 Å². The molecule has 0 aliphatic carbocycles. The number of anilines is 2. The highest BCUT2D eigenvalue weighted by atomic mass is 32.2. The fourth-order valence-corrected chi connectivity index (χ4v) is 2.26. The molecule has 20 heavy (non-hydrogen) atoms. The zero-order chi connectivity index (χ0) is 14.5. The highest BCUT2D eigenvalue weighted by molar-refractivity contribution is 7.98. The Morgan fingerprint density at radius 1 is 1.15 bits per heavy atom. The van der Waals surface area contributed by atoms with Crippen LogP contribution in [0.15, 0.2) is 29.2 Å². The van der Waals surface area contributed by atoms with Crippen molar-refractivity contribution in [2.24, 2.45) is 0 Å². The highest BCUT2D eigenvalue weighted by Crippen LogP contribution is 2.24. The lowest BCUT2D eigenvalue weighted by Gasteiger charge is -2.11. The van der Waals surface area contributed by atoms with Gasteiger partial charge in [0.05, 0.1) is 12.9 Å². The third-order valence-corrected chi connectivity index (χ3v) is 3.52. The molecule has 6 nitrogen and oxygen atoms in total. The number of aromatic nitrogens is 3. The van der Waals surface area contributed by atoms with E-state index in [1.54, 1.807) is 23.8 Å². The van der Waals surface area contributed by atoms with Crippen molar-refractivity contribution in [3.05, 3.63) is 30.1 Å². The lowest BCUT2D eigenvalue weighted by molar-refractivity contribution is 0.414. The molecule has 0 atom stereocenters. The molecule has 0 aliphatic rings. The van der Waals surface area contributed by atoms with Crippen LogP contribution >= 0.6 is 11.8 Å². The van der Waals surface area contributed by atoms with Crippen molar-refractivity contribution in [3.8, 4) is 5.75 Å². The second-order valence-corrected chi connectivity index (χ2v) is 5.32. The van der Waals surface area contributed by atoms with Crippen molar-refractivity contribution in [3.63, 3.8) is 0 Å². The molecule has 1 aromatic carbocycles. The number of rotatable bonds is 5. The SMILES string of the molecule is COc1ccc(SCc2nc(N)nc(N(C)C)n2)cc1. The Bertz CT molecular complexity index is 573. The van der Waals surface area contributed by atoms with Gasteiger partial charge in [-0.3, -0.25) is 0 Å². The van der Waals surface area contributed by atoms with Crippen LogP contribution < -0.4 is 15.4 Å². The van der Waals surface area contributed by atoms with Crippen LogP contribution in [-0.2, 0) is 5.75 Å². The molecule has 0 saturated heterocycles. The van der Waals surface area contributed by atoms with Crippen molar-refractivity contribution in [1.29, 1.82) is 0 Å². The van der Waals surface area contributed by atoms with E-state index < -0.39 is 0 Å². The predicted molar refractivity (Wildman–Crippen MR) is 81.1 cm³/mol. The normalized spacial score (nSPS) is 10.3. The number of nitrogen functional groups attached to an aromatic ring is 1. The first kappa shape index (κ1) is 14.4. The zero-order valence-corrected chi connectivity index (χ0v) is 12.5. The number of hydrogen-bond donors (Lipinski definition) is 1. The fraction of sp³-hybridized carbons (Fsp3) is 0.308. The second kappa shape index (κ2) is 6.42. The van der Waals surface area contributed by atoms with Gasteiger partial charge in [0.2, 0.25) is 11.9 Å². The van der Waals surface area contributed by atoms with E-state index in [0.717, 1.165) is 10.6 Å². The van der Waals surface area contributed by atoms with Crippen molar-refractivity contribution < 1.29 is 4.74 Å². The number of benzene rings is 1. The van der Waals surface area contributed by atoms with Gasteiger partial charge in [-0.25, -0.2) is 0 Å². The predicted octanol–water partition coefficient (Wildman–Crippen LogP) is 1.82. The molecule has 2 aromatic rings.